The Balaban J connectivity index is 1.67. The molecule has 1 aromatic carbocycles. The Hall–Kier alpha value is -2.26. The maximum atomic E-state index is 4.33. The van der Waals surface area contributed by atoms with Gasteiger partial charge >= 0.3 is 0 Å². The van der Waals surface area contributed by atoms with E-state index >= 15 is 0 Å². The van der Waals surface area contributed by atoms with Crippen LogP contribution in [-0.2, 0) is 0 Å². The molecule has 3 aromatic rings. The standard InChI is InChI=1S/C11H9N7S2/c1-7-13-14-11(19-7)16-18-15-10-12-9(17-20-10)8-5-3-2-4-6-8/h2-6H,1H3,(H,12,14,15,16,17). The van der Waals surface area contributed by atoms with Crippen molar-refractivity contribution in [2.75, 3.05) is 5.43 Å². The molecule has 7 nitrogen and oxygen atoms in total. The van der Waals surface area contributed by atoms with E-state index < -0.39 is 0 Å². The molecule has 0 fully saturated rings. The van der Waals surface area contributed by atoms with Crippen LogP contribution < -0.4 is 5.43 Å². The average Bonchev–Trinajstić information content (AvgIpc) is 3.09. The summed E-state index contributed by atoms with van der Waals surface area (Å²) >= 11 is 2.60. The van der Waals surface area contributed by atoms with E-state index in [1.54, 1.807) is 0 Å². The molecule has 0 saturated heterocycles. The van der Waals surface area contributed by atoms with Crippen LogP contribution in [0.4, 0.5) is 10.3 Å². The first kappa shape index (κ1) is 12.8. The molecule has 100 valence electrons. The molecule has 1 N–H and O–H groups in total. The van der Waals surface area contributed by atoms with Crippen LogP contribution in [0, 0.1) is 6.92 Å². The second kappa shape index (κ2) is 5.80. The van der Waals surface area contributed by atoms with E-state index in [1.165, 1.54) is 22.9 Å². The maximum Gasteiger partial charge on any atom is 0.253 e. The Kier molecular flexibility index (Phi) is 3.70. The fourth-order valence-corrected chi connectivity index (χ4v) is 2.45. The van der Waals surface area contributed by atoms with Crippen molar-refractivity contribution in [1.82, 2.24) is 19.6 Å². The first-order valence-corrected chi connectivity index (χ1v) is 7.26. The van der Waals surface area contributed by atoms with Crippen LogP contribution in [0.3, 0.4) is 0 Å². The van der Waals surface area contributed by atoms with Crippen LogP contribution in [0.5, 0.6) is 0 Å². The Labute approximate surface area is 122 Å². The number of nitrogens with one attached hydrogen (secondary N) is 1. The molecule has 9 heteroatoms. The third-order valence-electron chi connectivity index (χ3n) is 2.25. The number of hydrogen-bond acceptors (Lipinski definition) is 8. The largest absolute Gasteiger partial charge is 0.253 e. The zero-order valence-electron chi connectivity index (χ0n) is 10.4. The molecule has 0 aliphatic carbocycles. The molecule has 0 spiro atoms. The van der Waals surface area contributed by atoms with Crippen LogP contribution in [0.2, 0.25) is 0 Å². The molecule has 0 radical (unpaired) electrons. The minimum Gasteiger partial charge on any atom is -0.232 e. The van der Waals surface area contributed by atoms with Gasteiger partial charge < -0.3 is 0 Å². The van der Waals surface area contributed by atoms with Crippen LogP contribution in [0.1, 0.15) is 5.01 Å². The zero-order chi connectivity index (χ0) is 13.8. The summed E-state index contributed by atoms with van der Waals surface area (Å²) in [5.41, 5.74) is 3.70. The minimum absolute atomic E-state index is 0.503. The highest BCUT2D eigenvalue weighted by Gasteiger charge is 2.05. The van der Waals surface area contributed by atoms with Gasteiger partial charge in [-0.15, -0.1) is 10.2 Å². The number of aromatic nitrogens is 4. The highest BCUT2D eigenvalue weighted by molar-refractivity contribution is 7.14. The fourth-order valence-electron chi connectivity index (χ4n) is 1.41. The molecule has 0 aliphatic rings. The predicted molar refractivity (Wildman–Crippen MR) is 78.1 cm³/mol. The van der Waals surface area contributed by atoms with Gasteiger partial charge in [-0.25, -0.2) is 5.43 Å². The number of benzene rings is 1. The predicted octanol–water partition coefficient (Wildman–Crippen LogP) is 3.48. The molecule has 0 unspecified atom stereocenters. The summed E-state index contributed by atoms with van der Waals surface area (Å²) in [4.78, 5) is 4.33. The lowest BCUT2D eigenvalue weighted by Crippen LogP contribution is -1.85. The normalized spacial score (nSPS) is 11.1. The van der Waals surface area contributed by atoms with Crippen molar-refractivity contribution < 1.29 is 0 Å². The van der Waals surface area contributed by atoms with Crippen LogP contribution >= 0.6 is 22.9 Å². The Bertz CT molecular complexity index is 719. The Morgan fingerprint density at radius 2 is 2.00 bits per heavy atom. The van der Waals surface area contributed by atoms with Gasteiger partial charge in [-0.3, -0.25) is 0 Å². The van der Waals surface area contributed by atoms with Gasteiger partial charge in [0, 0.05) is 17.1 Å². The van der Waals surface area contributed by atoms with Gasteiger partial charge in [0.25, 0.3) is 5.13 Å². The second-order valence-corrected chi connectivity index (χ2v) is 5.62. The third kappa shape index (κ3) is 3.00. The van der Waals surface area contributed by atoms with Gasteiger partial charge in [-0.2, -0.15) is 9.36 Å². The summed E-state index contributed by atoms with van der Waals surface area (Å²) in [6, 6.07) is 9.75. The highest BCUT2D eigenvalue weighted by atomic mass is 32.1. The molecule has 20 heavy (non-hydrogen) atoms. The molecular formula is C11H9N7S2. The number of aryl methyl sites for hydroxylation is 1. The minimum atomic E-state index is 0.503. The molecule has 0 aliphatic heterocycles. The molecule has 0 amide bonds. The number of nitrogens with zero attached hydrogens (tertiary/aromatic N) is 6. The average molecular weight is 303 g/mol. The molecule has 3 rings (SSSR count). The molecule has 0 atom stereocenters. The number of rotatable bonds is 4. The molecule has 2 aromatic heterocycles. The van der Waals surface area contributed by atoms with Crippen molar-refractivity contribution in [3.63, 3.8) is 0 Å². The van der Waals surface area contributed by atoms with E-state index in [9.17, 15) is 0 Å². The van der Waals surface area contributed by atoms with E-state index in [2.05, 4.69) is 35.3 Å². The van der Waals surface area contributed by atoms with Crippen molar-refractivity contribution in [2.45, 2.75) is 6.92 Å². The van der Waals surface area contributed by atoms with Crippen molar-refractivity contribution in [2.24, 2.45) is 10.3 Å². The van der Waals surface area contributed by atoms with E-state index in [0.717, 1.165) is 10.6 Å². The summed E-state index contributed by atoms with van der Waals surface area (Å²) < 4.78 is 4.26. The van der Waals surface area contributed by atoms with E-state index in [0.29, 0.717) is 16.1 Å². The zero-order valence-corrected chi connectivity index (χ0v) is 12.0. The lowest BCUT2D eigenvalue weighted by molar-refractivity contribution is 1.01. The molecular weight excluding hydrogens is 294 g/mol. The lowest BCUT2D eigenvalue weighted by atomic mass is 10.2. The van der Waals surface area contributed by atoms with Crippen LogP contribution in [0.25, 0.3) is 11.4 Å². The quantitative estimate of drug-likeness (QED) is 0.589. The highest BCUT2D eigenvalue weighted by Crippen LogP contribution is 2.21. The smallest absolute Gasteiger partial charge is 0.232 e. The number of hydrogen-bond donors (Lipinski definition) is 1. The van der Waals surface area contributed by atoms with Gasteiger partial charge in [-0.1, -0.05) is 52.0 Å². The third-order valence-corrected chi connectivity index (χ3v) is 3.60. The van der Waals surface area contributed by atoms with Gasteiger partial charge in [0.1, 0.15) is 5.01 Å². The van der Waals surface area contributed by atoms with Crippen molar-refractivity contribution >= 4 is 33.1 Å². The maximum absolute atomic E-state index is 4.33. The fraction of sp³-hybridized carbons (Fsp3) is 0.0909. The van der Waals surface area contributed by atoms with E-state index in [1.807, 2.05) is 37.3 Å². The summed E-state index contributed by atoms with van der Waals surface area (Å²) in [6.07, 6.45) is 0. The second-order valence-electron chi connectivity index (χ2n) is 3.70. The first-order valence-electron chi connectivity index (χ1n) is 5.67. The van der Waals surface area contributed by atoms with E-state index in [-0.39, 0.29) is 0 Å². The summed E-state index contributed by atoms with van der Waals surface area (Å²) in [6.45, 7) is 1.86. The van der Waals surface area contributed by atoms with Gasteiger partial charge in [0.2, 0.25) is 5.13 Å². The Morgan fingerprint density at radius 1 is 1.15 bits per heavy atom. The molecule has 0 bridgehead atoms. The number of anilines is 1. The Morgan fingerprint density at radius 3 is 2.75 bits per heavy atom. The molecule has 2 heterocycles. The monoisotopic (exact) mass is 303 g/mol. The topological polar surface area (TPSA) is 88.3 Å². The summed E-state index contributed by atoms with van der Waals surface area (Å²) in [7, 11) is 0. The van der Waals surface area contributed by atoms with Gasteiger partial charge in [-0.05, 0) is 6.92 Å². The van der Waals surface area contributed by atoms with Gasteiger partial charge in [0.05, 0.1) is 0 Å². The summed E-state index contributed by atoms with van der Waals surface area (Å²) in [5.74, 6) is 0.667. The van der Waals surface area contributed by atoms with Gasteiger partial charge in [0.15, 0.2) is 5.82 Å². The summed E-state index contributed by atoms with van der Waals surface area (Å²) in [5, 5.41) is 17.3. The lowest BCUT2D eigenvalue weighted by Gasteiger charge is -1.92. The van der Waals surface area contributed by atoms with Crippen LogP contribution in [-0.4, -0.2) is 19.6 Å². The molecule has 0 saturated carbocycles. The SMILES string of the molecule is Cc1nnc(N=NNc2nc(-c3ccccc3)ns2)s1. The van der Waals surface area contributed by atoms with E-state index in [4.69, 9.17) is 0 Å². The van der Waals surface area contributed by atoms with Crippen molar-refractivity contribution in [3.05, 3.63) is 35.3 Å². The van der Waals surface area contributed by atoms with Crippen molar-refractivity contribution in [1.29, 1.82) is 0 Å². The van der Waals surface area contributed by atoms with Crippen molar-refractivity contribution in [3.8, 4) is 11.4 Å². The first-order chi connectivity index (χ1) is 9.81. The van der Waals surface area contributed by atoms with Crippen LogP contribution in [0.15, 0.2) is 40.7 Å².